The first kappa shape index (κ1) is 13.6. The van der Waals surface area contributed by atoms with Gasteiger partial charge in [-0.2, -0.15) is 0 Å². The second kappa shape index (κ2) is 5.86. The van der Waals surface area contributed by atoms with Crippen LogP contribution in [0, 0.1) is 12.8 Å². The van der Waals surface area contributed by atoms with Gasteiger partial charge in [0.1, 0.15) is 5.69 Å². The average molecular weight is 263 g/mol. The summed E-state index contributed by atoms with van der Waals surface area (Å²) in [6.45, 7) is 5.81. The van der Waals surface area contributed by atoms with E-state index in [0.717, 1.165) is 24.7 Å². The molecule has 0 saturated heterocycles. The lowest BCUT2D eigenvalue weighted by molar-refractivity contribution is 0.317. The van der Waals surface area contributed by atoms with E-state index in [0.29, 0.717) is 11.6 Å². The van der Waals surface area contributed by atoms with Gasteiger partial charge in [-0.3, -0.25) is 0 Å². The van der Waals surface area contributed by atoms with Crippen molar-refractivity contribution in [2.45, 2.75) is 33.1 Å². The van der Waals surface area contributed by atoms with Gasteiger partial charge in [-0.1, -0.05) is 11.6 Å². The summed E-state index contributed by atoms with van der Waals surface area (Å²) in [6.07, 6.45) is 3.90. The highest BCUT2D eigenvalue weighted by Crippen LogP contribution is 2.28. The van der Waals surface area contributed by atoms with E-state index in [1.165, 1.54) is 19.3 Å². The molecular weight excluding hydrogens is 242 g/mol. The molecule has 19 heavy (non-hydrogen) atoms. The van der Waals surface area contributed by atoms with Crippen LogP contribution < -0.4 is 10.6 Å². The van der Waals surface area contributed by atoms with Gasteiger partial charge in [0, 0.05) is 18.8 Å². The number of aromatic nitrogens is 2. The summed E-state index contributed by atoms with van der Waals surface area (Å²) in [5.41, 5.74) is 6.89. The first-order valence-electron chi connectivity index (χ1n) is 6.72. The predicted molar refractivity (Wildman–Crippen MR) is 74.5 cm³/mol. The Labute approximate surface area is 113 Å². The summed E-state index contributed by atoms with van der Waals surface area (Å²) in [5.74, 6) is 1.43. The maximum Gasteiger partial charge on any atom is 0.226 e. The van der Waals surface area contributed by atoms with Crippen molar-refractivity contribution in [1.82, 2.24) is 9.97 Å². The Balaban J connectivity index is 2.23. The lowest BCUT2D eigenvalue weighted by atomic mass is 9.85. The van der Waals surface area contributed by atoms with Gasteiger partial charge in [0.2, 0.25) is 5.95 Å². The van der Waals surface area contributed by atoms with Crippen molar-refractivity contribution < 1.29 is 5.21 Å². The van der Waals surface area contributed by atoms with E-state index in [1.54, 1.807) is 6.07 Å². The minimum atomic E-state index is 0.0199. The highest BCUT2D eigenvalue weighted by Gasteiger charge is 2.22. The molecule has 0 atom stereocenters. The highest BCUT2D eigenvalue weighted by molar-refractivity contribution is 5.95. The Morgan fingerprint density at radius 3 is 2.79 bits per heavy atom. The van der Waals surface area contributed by atoms with Crippen molar-refractivity contribution in [2.75, 3.05) is 18.0 Å². The molecule has 3 N–H and O–H groups in total. The van der Waals surface area contributed by atoms with Crippen molar-refractivity contribution in [3.05, 3.63) is 17.5 Å². The summed E-state index contributed by atoms with van der Waals surface area (Å²) < 4.78 is 0. The molecule has 6 nitrogen and oxygen atoms in total. The van der Waals surface area contributed by atoms with Crippen LogP contribution >= 0.6 is 0 Å². The smallest absolute Gasteiger partial charge is 0.226 e. The predicted octanol–water partition coefficient (Wildman–Crippen LogP) is 1.51. The second-order valence-corrected chi connectivity index (χ2v) is 5.02. The lowest BCUT2D eigenvalue weighted by Gasteiger charge is -2.32. The molecule has 0 bridgehead atoms. The Morgan fingerprint density at radius 2 is 2.26 bits per heavy atom. The Morgan fingerprint density at radius 1 is 1.53 bits per heavy atom. The Kier molecular flexibility index (Phi) is 4.19. The molecule has 1 fully saturated rings. The largest absolute Gasteiger partial charge is 0.409 e. The molecule has 1 aromatic heterocycles. The Bertz CT molecular complexity index is 470. The fraction of sp³-hybridized carbons (Fsp3) is 0.615. The summed E-state index contributed by atoms with van der Waals surface area (Å²) in [7, 11) is 0. The van der Waals surface area contributed by atoms with Gasteiger partial charge in [-0.25, -0.2) is 9.97 Å². The fourth-order valence-electron chi connectivity index (χ4n) is 2.22. The van der Waals surface area contributed by atoms with E-state index in [-0.39, 0.29) is 5.84 Å². The van der Waals surface area contributed by atoms with Crippen LogP contribution in [0.4, 0.5) is 5.95 Å². The normalized spacial score (nSPS) is 16.2. The number of rotatable bonds is 5. The Hall–Kier alpha value is -1.85. The van der Waals surface area contributed by atoms with Crippen LogP contribution in [0.5, 0.6) is 0 Å². The monoisotopic (exact) mass is 263 g/mol. The van der Waals surface area contributed by atoms with Crippen LogP contribution in [0.3, 0.4) is 0 Å². The first-order chi connectivity index (χ1) is 9.13. The zero-order chi connectivity index (χ0) is 13.8. The van der Waals surface area contributed by atoms with E-state index in [2.05, 4.69) is 26.9 Å². The number of nitrogens with two attached hydrogens (primary N) is 1. The van der Waals surface area contributed by atoms with Gasteiger partial charge in [0.25, 0.3) is 0 Å². The van der Waals surface area contributed by atoms with Crippen LogP contribution in [-0.2, 0) is 0 Å². The molecule has 0 spiro atoms. The van der Waals surface area contributed by atoms with Crippen molar-refractivity contribution in [3.8, 4) is 0 Å². The molecule has 0 amide bonds. The zero-order valence-electron chi connectivity index (χ0n) is 11.5. The molecule has 0 radical (unpaired) electrons. The van der Waals surface area contributed by atoms with Crippen molar-refractivity contribution in [1.29, 1.82) is 0 Å². The topological polar surface area (TPSA) is 87.6 Å². The first-order valence-corrected chi connectivity index (χ1v) is 6.72. The lowest BCUT2D eigenvalue weighted by Crippen LogP contribution is -2.34. The number of nitrogens with zero attached hydrogens (tertiary/aromatic N) is 4. The minimum Gasteiger partial charge on any atom is -0.409 e. The van der Waals surface area contributed by atoms with E-state index >= 15 is 0 Å². The maximum atomic E-state index is 8.75. The van der Waals surface area contributed by atoms with E-state index in [1.807, 2.05) is 6.92 Å². The van der Waals surface area contributed by atoms with Crippen molar-refractivity contribution in [2.24, 2.45) is 16.8 Å². The summed E-state index contributed by atoms with van der Waals surface area (Å²) >= 11 is 0. The second-order valence-electron chi connectivity index (χ2n) is 5.02. The van der Waals surface area contributed by atoms with Gasteiger partial charge < -0.3 is 15.8 Å². The van der Waals surface area contributed by atoms with Crippen LogP contribution in [0.1, 0.15) is 37.6 Å². The molecule has 1 aliphatic carbocycles. The third-order valence-electron chi connectivity index (χ3n) is 3.58. The van der Waals surface area contributed by atoms with Gasteiger partial charge in [0.05, 0.1) is 0 Å². The molecule has 0 aliphatic heterocycles. The van der Waals surface area contributed by atoms with Crippen LogP contribution in [0.25, 0.3) is 0 Å². The number of anilines is 1. The zero-order valence-corrected chi connectivity index (χ0v) is 11.5. The third kappa shape index (κ3) is 3.13. The number of amidine groups is 1. The molecule has 1 saturated carbocycles. The number of oxime groups is 1. The number of hydrogen-bond donors (Lipinski definition) is 2. The van der Waals surface area contributed by atoms with Crippen molar-refractivity contribution >= 4 is 11.8 Å². The summed E-state index contributed by atoms with van der Waals surface area (Å²) in [4.78, 5) is 11.0. The molecule has 1 heterocycles. The summed E-state index contributed by atoms with van der Waals surface area (Å²) in [6, 6.07) is 1.72. The van der Waals surface area contributed by atoms with Gasteiger partial charge in [-0.05, 0) is 38.7 Å². The highest BCUT2D eigenvalue weighted by atomic mass is 16.4. The molecule has 104 valence electrons. The molecule has 6 heteroatoms. The minimum absolute atomic E-state index is 0.0199. The number of hydrogen-bond acceptors (Lipinski definition) is 5. The van der Waals surface area contributed by atoms with Crippen molar-refractivity contribution in [3.63, 3.8) is 0 Å². The standard InChI is InChI=1S/C13H21N5O/c1-3-18(8-10-5-4-6-10)13-15-9(2)7-11(16-13)12(14)17-19/h7,10,19H,3-6,8H2,1-2H3,(H2,14,17). The summed E-state index contributed by atoms with van der Waals surface area (Å²) in [5, 5.41) is 11.7. The molecule has 0 unspecified atom stereocenters. The average Bonchev–Trinajstić information content (AvgIpc) is 2.36. The molecule has 1 aromatic rings. The van der Waals surface area contributed by atoms with Gasteiger partial charge in [0.15, 0.2) is 5.84 Å². The van der Waals surface area contributed by atoms with E-state index in [9.17, 15) is 0 Å². The molecule has 1 aliphatic rings. The van der Waals surface area contributed by atoms with E-state index < -0.39 is 0 Å². The fourth-order valence-corrected chi connectivity index (χ4v) is 2.22. The van der Waals surface area contributed by atoms with Gasteiger partial charge in [-0.15, -0.1) is 0 Å². The van der Waals surface area contributed by atoms with Crippen LogP contribution in [-0.4, -0.2) is 34.1 Å². The van der Waals surface area contributed by atoms with Crippen LogP contribution in [0.15, 0.2) is 11.2 Å². The third-order valence-corrected chi connectivity index (χ3v) is 3.58. The molecule has 2 rings (SSSR count). The van der Waals surface area contributed by atoms with E-state index in [4.69, 9.17) is 10.9 Å². The molecular formula is C13H21N5O. The quantitative estimate of drug-likeness (QED) is 0.364. The SMILES string of the molecule is CCN(CC1CCC1)c1nc(C)cc(/C(N)=N/O)n1. The number of aryl methyl sites for hydroxylation is 1. The maximum absolute atomic E-state index is 8.75. The molecule has 0 aromatic carbocycles. The van der Waals surface area contributed by atoms with Gasteiger partial charge >= 0.3 is 0 Å². The van der Waals surface area contributed by atoms with Crippen LogP contribution in [0.2, 0.25) is 0 Å².